The van der Waals surface area contributed by atoms with Gasteiger partial charge in [-0.05, 0) is 59.7 Å². The van der Waals surface area contributed by atoms with E-state index in [1.54, 1.807) is 32.4 Å². The van der Waals surface area contributed by atoms with E-state index in [4.69, 9.17) is 14.2 Å². The Labute approximate surface area is 211 Å². The highest BCUT2D eigenvalue weighted by atomic mass is 79.9. The third-order valence-electron chi connectivity index (χ3n) is 5.58. The molecule has 35 heavy (non-hydrogen) atoms. The van der Waals surface area contributed by atoms with Crippen LogP contribution in [-0.2, 0) is 4.74 Å². The Bertz CT molecular complexity index is 1320. The monoisotopic (exact) mass is 534 g/mol. The number of fused-ring (bicyclic) bond motifs is 1. The summed E-state index contributed by atoms with van der Waals surface area (Å²) in [6.45, 7) is 0. The number of carbonyl (C=O) groups is 2. The summed E-state index contributed by atoms with van der Waals surface area (Å²) in [5.74, 6) is 0.431. The van der Waals surface area contributed by atoms with Crippen molar-refractivity contribution in [3.8, 4) is 11.5 Å². The zero-order valence-electron chi connectivity index (χ0n) is 19.4. The quantitative estimate of drug-likeness (QED) is 0.323. The Hall–Kier alpha value is -3.91. The average molecular weight is 535 g/mol. The Kier molecular flexibility index (Phi) is 7.31. The minimum Gasteiger partial charge on any atom is -0.497 e. The van der Waals surface area contributed by atoms with Gasteiger partial charge < -0.3 is 19.5 Å². The highest BCUT2D eigenvalue weighted by Gasteiger charge is 2.22. The minimum atomic E-state index is -0.550. The molecule has 1 amide bonds. The van der Waals surface area contributed by atoms with Crippen molar-refractivity contribution in [2.75, 3.05) is 21.3 Å². The molecule has 0 aliphatic heterocycles. The summed E-state index contributed by atoms with van der Waals surface area (Å²) in [4.78, 5) is 30.4. The van der Waals surface area contributed by atoms with Crippen LogP contribution in [0.3, 0.4) is 0 Å². The van der Waals surface area contributed by atoms with Crippen LogP contribution in [0, 0.1) is 0 Å². The van der Waals surface area contributed by atoms with E-state index in [0.29, 0.717) is 22.4 Å². The highest BCUT2D eigenvalue weighted by Crippen LogP contribution is 2.28. The number of aromatic nitrogens is 1. The summed E-state index contributed by atoms with van der Waals surface area (Å²) in [6.07, 6.45) is 0. The molecule has 0 atom stereocenters. The predicted molar refractivity (Wildman–Crippen MR) is 136 cm³/mol. The van der Waals surface area contributed by atoms with E-state index in [-0.39, 0.29) is 11.3 Å². The van der Waals surface area contributed by atoms with Gasteiger partial charge in [-0.1, -0.05) is 40.2 Å². The fraction of sp³-hybridized carbons (Fsp3) is 0.148. The standard InChI is InChI=1S/C27H23BrN2O5/c1-33-19-9-4-16(5-10-19)25(17-6-11-20(34-2)12-7-17)30-26(31)24-15-22(27(32)35-3)21-14-18(28)8-13-23(21)29-24/h4-15,25H,1-3H3,(H,30,31). The molecule has 1 aromatic heterocycles. The number of benzene rings is 3. The van der Waals surface area contributed by atoms with Gasteiger partial charge in [0, 0.05) is 9.86 Å². The lowest BCUT2D eigenvalue weighted by molar-refractivity contribution is 0.0603. The molecule has 0 fully saturated rings. The van der Waals surface area contributed by atoms with Crippen molar-refractivity contribution in [2.45, 2.75) is 6.04 Å². The molecule has 0 saturated heterocycles. The van der Waals surface area contributed by atoms with Crippen molar-refractivity contribution >= 4 is 38.7 Å². The first kappa shape index (κ1) is 24.2. The third-order valence-corrected chi connectivity index (χ3v) is 6.08. The molecule has 3 aromatic carbocycles. The molecule has 0 radical (unpaired) electrons. The average Bonchev–Trinajstić information content (AvgIpc) is 2.90. The number of esters is 1. The van der Waals surface area contributed by atoms with E-state index >= 15 is 0 Å². The van der Waals surface area contributed by atoms with Crippen LogP contribution in [0.2, 0.25) is 0 Å². The Morgan fingerprint density at radius 3 is 1.91 bits per heavy atom. The molecule has 1 heterocycles. The number of nitrogens with zero attached hydrogens (tertiary/aromatic N) is 1. The van der Waals surface area contributed by atoms with Gasteiger partial charge in [0.2, 0.25) is 0 Å². The van der Waals surface area contributed by atoms with Gasteiger partial charge in [0.1, 0.15) is 17.2 Å². The molecule has 7 nitrogen and oxygen atoms in total. The lowest BCUT2D eigenvalue weighted by Gasteiger charge is -2.21. The Balaban J connectivity index is 1.75. The zero-order chi connectivity index (χ0) is 24.9. The zero-order valence-corrected chi connectivity index (χ0v) is 21.0. The van der Waals surface area contributed by atoms with Crippen molar-refractivity contribution in [1.82, 2.24) is 10.3 Å². The number of ether oxygens (including phenoxy) is 3. The number of halogens is 1. The second kappa shape index (κ2) is 10.6. The second-order valence-corrected chi connectivity index (χ2v) is 8.58. The number of hydrogen-bond donors (Lipinski definition) is 1. The Morgan fingerprint density at radius 1 is 0.829 bits per heavy atom. The fourth-order valence-corrected chi connectivity index (χ4v) is 4.11. The fourth-order valence-electron chi connectivity index (χ4n) is 3.75. The van der Waals surface area contributed by atoms with Gasteiger partial charge in [-0.2, -0.15) is 0 Å². The first-order chi connectivity index (χ1) is 16.9. The second-order valence-electron chi connectivity index (χ2n) is 7.66. The molecule has 0 bridgehead atoms. The van der Waals surface area contributed by atoms with Crippen LogP contribution in [0.4, 0.5) is 0 Å². The van der Waals surface area contributed by atoms with Crippen molar-refractivity contribution in [3.63, 3.8) is 0 Å². The van der Waals surface area contributed by atoms with Crippen molar-refractivity contribution < 1.29 is 23.8 Å². The maximum atomic E-state index is 13.4. The van der Waals surface area contributed by atoms with Crippen molar-refractivity contribution in [3.05, 3.63) is 99.7 Å². The van der Waals surface area contributed by atoms with E-state index in [1.807, 2.05) is 48.5 Å². The van der Waals surface area contributed by atoms with E-state index in [9.17, 15) is 9.59 Å². The molecular formula is C27H23BrN2O5. The molecule has 4 rings (SSSR count). The number of pyridine rings is 1. The predicted octanol–water partition coefficient (Wildman–Crippen LogP) is 5.32. The maximum Gasteiger partial charge on any atom is 0.338 e. The first-order valence-electron chi connectivity index (χ1n) is 10.7. The van der Waals surface area contributed by atoms with Gasteiger partial charge in [0.05, 0.1) is 38.5 Å². The maximum absolute atomic E-state index is 13.4. The van der Waals surface area contributed by atoms with Crippen LogP contribution in [0.5, 0.6) is 11.5 Å². The molecule has 0 saturated carbocycles. The summed E-state index contributed by atoms with van der Waals surface area (Å²) in [6, 6.07) is 21.2. The summed E-state index contributed by atoms with van der Waals surface area (Å²) in [5.41, 5.74) is 2.57. The van der Waals surface area contributed by atoms with Crippen LogP contribution in [-0.4, -0.2) is 38.2 Å². The van der Waals surface area contributed by atoms with Crippen LogP contribution in [0.15, 0.2) is 77.3 Å². The van der Waals surface area contributed by atoms with Gasteiger partial charge >= 0.3 is 5.97 Å². The lowest BCUT2D eigenvalue weighted by Crippen LogP contribution is -2.30. The summed E-state index contributed by atoms with van der Waals surface area (Å²) >= 11 is 3.41. The number of nitrogens with one attached hydrogen (secondary N) is 1. The SMILES string of the molecule is COC(=O)c1cc(C(=O)NC(c2ccc(OC)cc2)c2ccc(OC)cc2)nc2ccc(Br)cc12. The molecule has 4 aromatic rings. The molecular weight excluding hydrogens is 512 g/mol. The van der Waals surface area contributed by atoms with E-state index in [2.05, 4.69) is 26.2 Å². The lowest BCUT2D eigenvalue weighted by atomic mass is 9.98. The van der Waals surface area contributed by atoms with Crippen LogP contribution in [0.1, 0.15) is 38.0 Å². The minimum absolute atomic E-state index is 0.104. The third kappa shape index (κ3) is 5.27. The molecule has 0 aliphatic carbocycles. The van der Waals surface area contributed by atoms with Gasteiger partial charge in [-0.25, -0.2) is 9.78 Å². The number of hydrogen-bond acceptors (Lipinski definition) is 6. The van der Waals surface area contributed by atoms with Gasteiger partial charge in [-0.15, -0.1) is 0 Å². The molecule has 0 unspecified atom stereocenters. The number of carbonyl (C=O) groups excluding carboxylic acids is 2. The number of methoxy groups -OCH3 is 3. The number of amides is 1. The summed E-state index contributed by atoms with van der Waals surface area (Å²) < 4.78 is 16.3. The van der Waals surface area contributed by atoms with E-state index in [0.717, 1.165) is 15.6 Å². The van der Waals surface area contributed by atoms with Crippen LogP contribution < -0.4 is 14.8 Å². The molecule has 1 N–H and O–H groups in total. The molecule has 0 spiro atoms. The van der Waals surface area contributed by atoms with Gasteiger partial charge in [0.25, 0.3) is 5.91 Å². The van der Waals surface area contributed by atoms with Crippen molar-refractivity contribution in [1.29, 1.82) is 0 Å². The molecule has 8 heteroatoms. The van der Waals surface area contributed by atoms with Gasteiger partial charge in [0.15, 0.2) is 0 Å². The first-order valence-corrected chi connectivity index (χ1v) is 11.5. The number of rotatable bonds is 7. The van der Waals surface area contributed by atoms with E-state index in [1.165, 1.54) is 13.2 Å². The van der Waals surface area contributed by atoms with E-state index < -0.39 is 17.9 Å². The smallest absolute Gasteiger partial charge is 0.338 e. The largest absolute Gasteiger partial charge is 0.497 e. The molecule has 178 valence electrons. The topological polar surface area (TPSA) is 86.8 Å². The molecule has 0 aliphatic rings. The van der Waals surface area contributed by atoms with Gasteiger partial charge in [-0.3, -0.25) is 4.79 Å². The summed E-state index contributed by atoms with van der Waals surface area (Å²) in [7, 11) is 4.50. The summed E-state index contributed by atoms with van der Waals surface area (Å²) in [5, 5.41) is 3.64. The normalized spacial score (nSPS) is 10.8. The Morgan fingerprint density at radius 2 is 1.40 bits per heavy atom. The highest BCUT2D eigenvalue weighted by molar-refractivity contribution is 9.10. The van der Waals surface area contributed by atoms with Crippen LogP contribution >= 0.6 is 15.9 Å². The van der Waals surface area contributed by atoms with Crippen molar-refractivity contribution in [2.24, 2.45) is 0 Å². The van der Waals surface area contributed by atoms with Crippen LogP contribution in [0.25, 0.3) is 10.9 Å².